The average Bonchev–Trinajstić information content (AvgIpc) is 2.41. The summed E-state index contributed by atoms with van der Waals surface area (Å²) in [5.41, 5.74) is 2.21. The Morgan fingerprint density at radius 3 is 2.70 bits per heavy atom. The van der Waals surface area contributed by atoms with Crippen molar-refractivity contribution >= 4 is 10.8 Å². The Balaban J connectivity index is 1.84. The number of rotatable bonds is 6. The third kappa shape index (κ3) is 5.31. The molecule has 5 heteroatoms. The van der Waals surface area contributed by atoms with Gasteiger partial charge in [0.15, 0.2) is 0 Å². The predicted octanol–water partition coefficient (Wildman–Crippen LogP) is 1.39. The van der Waals surface area contributed by atoms with Crippen molar-refractivity contribution in [1.29, 1.82) is 0 Å². The third-order valence-electron chi connectivity index (χ3n) is 3.38. The monoisotopic (exact) mass is 295 g/mol. The highest BCUT2D eigenvalue weighted by atomic mass is 32.2. The molecule has 1 aliphatic rings. The Labute approximate surface area is 124 Å². The fourth-order valence-electron chi connectivity index (χ4n) is 2.27. The maximum Gasteiger partial charge on any atom is 0.0547 e. The van der Waals surface area contributed by atoms with Crippen LogP contribution >= 0.6 is 0 Å². The first-order valence-corrected chi connectivity index (χ1v) is 8.85. The predicted molar refractivity (Wildman–Crippen MR) is 83.9 cm³/mol. The van der Waals surface area contributed by atoms with E-state index in [0.717, 1.165) is 55.6 Å². The van der Waals surface area contributed by atoms with E-state index in [-0.39, 0.29) is 0 Å². The van der Waals surface area contributed by atoms with E-state index < -0.39 is 10.8 Å². The fraction of sp³-hybridized carbons (Fsp3) is 0.667. The van der Waals surface area contributed by atoms with Crippen LogP contribution in [0.15, 0.2) is 18.2 Å². The van der Waals surface area contributed by atoms with Crippen LogP contribution in [0.3, 0.4) is 0 Å². The first-order valence-electron chi connectivity index (χ1n) is 7.36. The maximum absolute atomic E-state index is 11.3. The van der Waals surface area contributed by atoms with Crippen LogP contribution in [0.5, 0.6) is 0 Å². The van der Waals surface area contributed by atoms with Crippen molar-refractivity contribution in [2.75, 3.05) is 31.1 Å². The summed E-state index contributed by atoms with van der Waals surface area (Å²) in [6, 6.07) is 6.23. The van der Waals surface area contributed by atoms with Crippen molar-refractivity contribution in [3.8, 4) is 0 Å². The van der Waals surface area contributed by atoms with Gasteiger partial charge in [-0.15, -0.1) is 0 Å². The Morgan fingerprint density at radius 1 is 1.30 bits per heavy atom. The number of nitrogens with zero attached hydrogens (tertiary/aromatic N) is 2. The second-order valence-electron chi connectivity index (χ2n) is 5.77. The molecule has 1 aliphatic heterocycles. The van der Waals surface area contributed by atoms with Gasteiger partial charge in [-0.2, -0.15) is 0 Å². The molecule has 112 valence electrons. The molecule has 0 atom stereocenters. The minimum Gasteiger partial charge on any atom is -0.311 e. The molecule has 0 aromatic carbocycles. The van der Waals surface area contributed by atoms with Gasteiger partial charge >= 0.3 is 0 Å². The van der Waals surface area contributed by atoms with Gasteiger partial charge in [-0.3, -0.25) is 14.1 Å². The van der Waals surface area contributed by atoms with Crippen molar-refractivity contribution in [1.82, 2.24) is 15.2 Å². The van der Waals surface area contributed by atoms with Crippen LogP contribution in [0.2, 0.25) is 0 Å². The summed E-state index contributed by atoms with van der Waals surface area (Å²) in [7, 11) is -0.604. The smallest absolute Gasteiger partial charge is 0.0547 e. The van der Waals surface area contributed by atoms with Gasteiger partial charge in [0.25, 0.3) is 0 Å². The van der Waals surface area contributed by atoms with Gasteiger partial charge in [0.05, 0.1) is 11.4 Å². The van der Waals surface area contributed by atoms with Crippen LogP contribution in [0.1, 0.15) is 25.2 Å². The van der Waals surface area contributed by atoms with Crippen molar-refractivity contribution in [3.63, 3.8) is 0 Å². The summed E-state index contributed by atoms with van der Waals surface area (Å²) in [5, 5.41) is 3.42. The second-order valence-corrected chi connectivity index (χ2v) is 7.47. The third-order valence-corrected chi connectivity index (χ3v) is 4.65. The van der Waals surface area contributed by atoms with Crippen LogP contribution < -0.4 is 5.32 Å². The van der Waals surface area contributed by atoms with E-state index in [0.29, 0.717) is 5.92 Å². The molecular weight excluding hydrogens is 270 g/mol. The normalized spacial score (nSPS) is 17.8. The molecule has 1 N–H and O–H groups in total. The van der Waals surface area contributed by atoms with E-state index >= 15 is 0 Å². The van der Waals surface area contributed by atoms with E-state index in [1.807, 2.05) is 0 Å². The van der Waals surface area contributed by atoms with Crippen molar-refractivity contribution < 1.29 is 4.21 Å². The molecule has 20 heavy (non-hydrogen) atoms. The van der Waals surface area contributed by atoms with Gasteiger partial charge < -0.3 is 5.32 Å². The van der Waals surface area contributed by atoms with Crippen LogP contribution in [0.25, 0.3) is 0 Å². The molecule has 4 nitrogen and oxygen atoms in total. The lowest BCUT2D eigenvalue weighted by Gasteiger charge is -2.25. The zero-order valence-electron chi connectivity index (χ0n) is 12.5. The standard InChI is InChI=1S/C15H25N3OS/c1-13(2)10-16-11-14-4-3-5-15(17-14)12-18-6-8-20(19)9-7-18/h3-5,13,16H,6-12H2,1-2H3. The summed E-state index contributed by atoms with van der Waals surface area (Å²) >= 11 is 0. The lowest BCUT2D eigenvalue weighted by Crippen LogP contribution is -2.37. The summed E-state index contributed by atoms with van der Waals surface area (Å²) < 4.78 is 11.3. The van der Waals surface area contributed by atoms with E-state index in [1.54, 1.807) is 0 Å². The summed E-state index contributed by atoms with van der Waals surface area (Å²) in [5.74, 6) is 2.26. The first kappa shape index (κ1) is 15.6. The zero-order chi connectivity index (χ0) is 14.4. The zero-order valence-corrected chi connectivity index (χ0v) is 13.3. The Morgan fingerprint density at radius 2 is 2.00 bits per heavy atom. The molecule has 0 unspecified atom stereocenters. The molecule has 0 spiro atoms. The van der Waals surface area contributed by atoms with Gasteiger partial charge in [-0.05, 0) is 24.6 Å². The topological polar surface area (TPSA) is 45.2 Å². The van der Waals surface area contributed by atoms with Gasteiger partial charge in [-0.1, -0.05) is 19.9 Å². The van der Waals surface area contributed by atoms with E-state index in [9.17, 15) is 4.21 Å². The molecular formula is C15H25N3OS. The molecule has 1 aromatic heterocycles. The molecule has 0 radical (unpaired) electrons. The van der Waals surface area contributed by atoms with Gasteiger partial charge in [-0.25, -0.2) is 0 Å². The number of hydrogen-bond donors (Lipinski definition) is 1. The highest BCUT2D eigenvalue weighted by Gasteiger charge is 2.15. The molecule has 1 fully saturated rings. The molecule has 1 saturated heterocycles. The fourth-order valence-corrected chi connectivity index (χ4v) is 3.40. The molecule has 0 amide bonds. The first-order chi connectivity index (χ1) is 9.63. The Kier molecular flexibility index (Phi) is 6.13. The summed E-state index contributed by atoms with van der Waals surface area (Å²) in [4.78, 5) is 7.05. The second kappa shape index (κ2) is 7.86. The largest absolute Gasteiger partial charge is 0.311 e. The minimum atomic E-state index is -0.604. The molecule has 0 bridgehead atoms. The SMILES string of the molecule is CC(C)CNCc1cccc(CN2CCS(=O)CC2)n1. The van der Waals surface area contributed by atoms with Crippen molar-refractivity contribution in [3.05, 3.63) is 29.6 Å². The molecule has 0 saturated carbocycles. The Bertz CT molecular complexity index is 440. The summed E-state index contributed by atoms with van der Waals surface area (Å²) in [6.07, 6.45) is 0. The van der Waals surface area contributed by atoms with Crippen LogP contribution in [-0.2, 0) is 23.9 Å². The molecule has 2 rings (SSSR count). The summed E-state index contributed by atoms with van der Waals surface area (Å²) in [6.45, 7) is 8.97. The highest BCUT2D eigenvalue weighted by Crippen LogP contribution is 2.07. The van der Waals surface area contributed by atoms with E-state index in [4.69, 9.17) is 4.98 Å². The van der Waals surface area contributed by atoms with E-state index in [1.165, 1.54) is 0 Å². The lowest BCUT2D eigenvalue weighted by atomic mass is 10.2. The van der Waals surface area contributed by atoms with Crippen LogP contribution in [-0.4, -0.2) is 45.2 Å². The maximum atomic E-state index is 11.3. The quantitative estimate of drug-likeness (QED) is 0.861. The van der Waals surface area contributed by atoms with E-state index in [2.05, 4.69) is 42.3 Å². The molecule has 2 heterocycles. The Hall–Kier alpha value is -0.780. The highest BCUT2D eigenvalue weighted by molar-refractivity contribution is 7.85. The number of nitrogens with one attached hydrogen (secondary N) is 1. The lowest BCUT2D eigenvalue weighted by molar-refractivity contribution is 0.287. The number of pyridine rings is 1. The number of aromatic nitrogens is 1. The van der Waals surface area contributed by atoms with Crippen molar-refractivity contribution in [2.24, 2.45) is 5.92 Å². The van der Waals surface area contributed by atoms with Crippen LogP contribution in [0, 0.1) is 5.92 Å². The minimum absolute atomic E-state index is 0.604. The van der Waals surface area contributed by atoms with Gasteiger partial charge in [0.1, 0.15) is 0 Å². The molecule has 1 aromatic rings. The van der Waals surface area contributed by atoms with Crippen molar-refractivity contribution in [2.45, 2.75) is 26.9 Å². The van der Waals surface area contributed by atoms with Gasteiger partial charge in [0.2, 0.25) is 0 Å². The number of hydrogen-bond acceptors (Lipinski definition) is 4. The van der Waals surface area contributed by atoms with Crippen LogP contribution in [0.4, 0.5) is 0 Å². The molecule has 0 aliphatic carbocycles. The average molecular weight is 295 g/mol. The van der Waals surface area contributed by atoms with Gasteiger partial charge in [0, 0.05) is 48.5 Å².